The minimum Gasteiger partial charge on any atom is -0.468 e. The summed E-state index contributed by atoms with van der Waals surface area (Å²) in [6.07, 6.45) is 12.6. The van der Waals surface area contributed by atoms with Crippen LogP contribution in [0.2, 0.25) is 0 Å². The Morgan fingerprint density at radius 3 is 2.68 bits per heavy atom. The topological polar surface area (TPSA) is 55.8 Å². The Morgan fingerprint density at radius 2 is 1.88 bits per heavy atom. The number of aryl methyl sites for hydroxylation is 1. The van der Waals surface area contributed by atoms with Crippen LogP contribution in [0.25, 0.3) is 16.3 Å². The fraction of sp³-hybridized carbons (Fsp3) is 0.367. The van der Waals surface area contributed by atoms with E-state index in [9.17, 15) is 4.79 Å². The first kappa shape index (κ1) is 24.2. The molecule has 2 aliphatic rings. The number of hydrogen-bond donors (Lipinski definition) is 1. The molecule has 2 atom stereocenters. The first-order valence-electron chi connectivity index (χ1n) is 12.2. The van der Waals surface area contributed by atoms with Gasteiger partial charge in [-0.2, -0.15) is 0 Å². The number of carbonyl (C=O) groups is 1. The molecule has 0 heterocycles. The minimum atomic E-state index is -0.0725. The maximum Gasteiger partial charge on any atom is 0.293 e. The summed E-state index contributed by atoms with van der Waals surface area (Å²) in [6, 6.07) is 13.4. The molecule has 0 saturated heterocycles. The largest absolute Gasteiger partial charge is 0.468 e. The van der Waals surface area contributed by atoms with Gasteiger partial charge < -0.3 is 14.6 Å². The lowest BCUT2D eigenvalue weighted by atomic mass is 9.79. The third kappa shape index (κ3) is 5.57. The second-order valence-corrected chi connectivity index (χ2v) is 9.03. The van der Waals surface area contributed by atoms with Gasteiger partial charge in [-0.3, -0.25) is 4.79 Å². The van der Waals surface area contributed by atoms with Crippen molar-refractivity contribution in [1.29, 1.82) is 0 Å². The second-order valence-electron chi connectivity index (χ2n) is 9.03. The zero-order valence-electron chi connectivity index (χ0n) is 20.1. The van der Waals surface area contributed by atoms with Crippen LogP contribution in [0, 0.1) is 12.8 Å². The van der Waals surface area contributed by atoms with Gasteiger partial charge in [-0.15, -0.1) is 0 Å². The normalized spacial score (nSPS) is 20.3. The van der Waals surface area contributed by atoms with Crippen LogP contribution in [0.15, 0.2) is 77.4 Å². The maximum absolute atomic E-state index is 10.6. The van der Waals surface area contributed by atoms with Crippen molar-refractivity contribution in [3.05, 3.63) is 88.5 Å². The van der Waals surface area contributed by atoms with Crippen molar-refractivity contribution in [2.45, 2.75) is 45.6 Å². The van der Waals surface area contributed by atoms with Gasteiger partial charge in [0.1, 0.15) is 0 Å². The number of fused-ring (bicyclic) bond motifs is 1. The zero-order valence-corrected chi connectivity index (χ0v) is 20.1. The zero-order chi connectivity index (χ0) is 23.9. The van der Waals surface area contributed by atoms with E-state index in [1.54, 1.807) is 0 Å². The molecule has 0 fully saturated rings. The Balaban J connectivity index is 1.55. The SMILES string of the molecule is CCC1=CC(C2=CCC(OCCO)C(CCOC=O)=C2)CC=C1c1ccc2cc(C)ccc2c1. The van der Waals surface area contributed by atoms with Gasteiger partial charge in [0.15, 0.2) is 0 Å². The van der Waals surface area contributed by atoms with E-state index in [-0.39, 0.29) is 12.7 Å². The van der Waals surface area contributed by atoms with Crippen molar-refractivity contribution in [1.82, 2.24) is 0 Å². The third-order valence-electron chi connectivity index (χ3n) is 6.76. The van der Waals surface area contributed by atoms with Gasteiger partial charge in [0.2, 0.25) is 0 Å². The van der Waals surface area contributed by atoms with E-state index in [0.29, 0.717) is 32.0 Å². The van der Waals surface area contributed by atoms with Crippen molar-refractivity contribution >= 4 is 22.8 Å². The first-order valence-corrected chi connectivity index (χ1v) is 12.2. The van der Waals surface area contributed by atoms with Crippen LogP contribution in [0.1, 0.15) is 43.7 Å². The molecule has 0 amide bonds. The highest BCUT2D eigenvalue weighted by Gasteiger charge is 2.24. The van der Waals surface area contributed by atoms with Crippen molar-refractivity contribution in [3.63, 3.8) is 0 Å². The second kappa shape index (κ2) is 11.5. The lowest BCUT2D eigenvalue weighted by Gasteiger charge is -2.28. The fourth-order valence-electron chi connectivity index (χ4n) is 5.00. The Morgan fingerprint density at radius 1 is 1.06 bits per heavy atom. The van der Waals surface area contributed by atoms with Gasteiger partial charge in [0.05, 0.1) is 25.9 Å². The van der Waals surface area contributed by atoms with Crippen molar-refractivity contribution in [2.75, 3.05) is 19.8 Å². The quantitative estimate of drug-likeness (QED) is 0.346. The number of aliphatic hydroxyl groups excluding tert-OH is 1. The predicted octanol–water partition coefficient (Wildman–Crippen LogP) is 6.09. The average Bonchev–Trinajstić information content (AvgIpc) is 2.87. The molecule has 0 bridgehead atoms. The molecule has 2 aromatic carbocycles. The van der Waals surface area contributed by atoms with Crippen LogP contribution in [0.4, 0.5) is 0 Å². The molecule has 0 spiro atoms. The van der Waals surface area contributed by atoms with Gasteiger partial charge in [-0.1, -0.05) is 67.1 Å². The number of allylic oxidation sites excluding steroid dienone is 6. The molecule has 0 aromatic heterocycles. The lowest BCUT2D eigenvalue weighted by molar-refractivity contribution is -0.128. The Bertz CT molecular complexity index is 1150. The molecule has 0 radical (unpaired) electrons. The van der Waals surface area contributed by atoms with E-state index in [0.717, 1.165) is 24.8 Å². The summed E-state index contributed by atoms with van der Waals surface area (Å²) in [5.74, 6) is 0.322. The van der Waals surface area contributed by atoms with Crippen molar-refractivity contribution < 1.29 is 19.4 Å². The fourth-order valence-corrected chi connectivity index (χ4v) is 5.00. The van der Waals surface area contributed by atoms with E-state index >= 15 is 0 Å². The van der Waals surface area contributed by atoms with Crippen LogP contribution in [0.5, 0.6) is 0 Å². The van der Waals surface area contributed by atoms with Crippen LogP contribution in [-0.4, -0.2) is 37.5 Å². The highest BCUT2D eigenvalue weighted by molar-refractivity contribution is 5.90. The average molecular weight is 459 g/mol. The van der Waals surface area contributed by atoms with Crippen molar-refractivity contribution in [3.8, 4) is 0 Å². The minimum absolute atomic E-state index is 0.00162. The maximum atomic E-state index is 10.6. The predicted molar refractivity (Wildman–Crippen MR) is 137 cm³/mol. The van der Waals surface area contributed by atoms with Crippen LogP contribution >= 0.6 is 0 Å². The molecule has 178 valence electrons. The Kier molecular flexibility index (Phi) is 8.15. The number of aliphatic hydroxyl groups is 1. The van der Waals surface area contributed by atoms with Gasteiger partial charge >= 0.3 is 0 Å². The molecule has 4 heteroatoms. The summed E-state index contributed by atoms with van der Waals surface area (Å²) in [7, 11) is 0. The molecule has 4 rings (SSSR count). The summed E-state index contributed by atoms with van der Waals surface area (Å²) in [5, 5.41) is 11.7. The van der Waals surface area contributed by atoms with Crippen LogP contribution < -0.4 is 0 Å². The molecule has 2 unspecified atom stereocenters. The Hall–Kier alpha value is -2.95. The van der Waals surface area contributed by atoms with Gasteiger partial charge in [0, 0.05) is 12.3 Å². The summed E-state index contributed by atoms with van der Waals surface area (Å²) in [6.45, 7) is 5.48. The standard InChI is InChI=1S/C30H34O4/c1-3-22-17-25(26-9-11-30(34-15-13-31)28(19-26)12-14-33-20-32)8-10-29(22)27-7-6-23-16-21(2)4-5-24(23)18-27/h4-7,9-10,16-20,25,30-31H,3,8,11-15H2,1-2H3. The van der Waals surface area contributed by atoms with Gasteiger partial charge in [-0.25, -0.2) is 0 Å². The number of benzene rings is 2. The molecule has 4 nitrogen and oxygen atoms in total. The number of ether oxygens (including phenoxy) is 2. The monoisotopic (exact) mass is 458 g/mol. The molecule has 2 aliphatic carbocycles. The molecule has 0 saturated carbocycles. The van der Waals surface area contributed by atoms with Crippen molar-refractivity contribution in [2.24, 2.45) is 5.92 Å². The molecular formula is C30H34O4. The molecular weight excluding hydrogens is 424 g/mol. The summed E-state index contributed by atoms with van der Waals surface area (Å²) in [4.78, 5) is 10.6. The van der Waals surface area contributed by atoms with E-state index in [1.807, 2.05) is 0 Å². The Labute approximate surface area is 202 Å². The summed E-state index contributed by atoms with van der Waals surface area (Å²) >= 11 is 0. The smallest absolute Gasteiger partial charge is 0.293 e. The van der Waals surface area contributed by atoms with E-state index in [4.69, 9.17) is 14.6 Å². The summed E-state index contributed by atoms with van der Waals surface area (Å²) in [5.41, 5.74) is 7.69. The number of hydrogen-bond acceptors (Lipinski definition) is 4. The lowest BCUT2D eigenvalue weighted by Crippen LogP contribution is -2.22. The molecule has 34 heavy (non-hydrogen) atoms. The van der Waals surface area contributed by atoms with Gasteiger partial charge in [-0.05, 0) is 70.9 Å². The third-order valence-corrected chi connectivity index (χ3v) is 6.76. The number of rotatable bonds is 10. The first-order chi connectivity index (χ1) is 16.6. The van der Waals surface area contributed by atoms with Gasteiger partial charge in [0.25, 0.3) is 6.47 Å². The van der Waals surface area contributed by atoms with Crippen LogP contribution in [-0.2, 0) is 14.3 Å². The number of carbonyl (C=O) groups excluding carboxylic acids is 1. The summed E-state index contributed by atoms with van der Waals surface area (Å²) < 4.78 is 10.8. The highest BCUT2D eigenvalue weighted by Crippen LogP contribution is 2.38. The highest BCUT2D eigenvalue weighted by atomic mass is 16.5. The van der Waals surface area contributed by atoms with E-state index in [1.165, 1.54) is 38.6 Å². The molecule has 0 aliphatic heterocycles. The van der Waals surface area contributed by atoms with Crippen LogP contribution in [0.3, 0.4) is 0 Å². The van der Waals surface area contributed by atoms with E-state index in [2.05, 4.69) is 74.5 Å². The molecule has 2 aromatic rings. The van der Waals surface area contributed by atoms with E-state index < -0.39 is 0 Å². The molecule has 1 N–H and O–H groups in total.